The predicted molar refractivity (Wildman–Crippen MR) is 80.5 cm³/mol. The molecule has 0 aliphatic carbocycles. The van der Waals surface area contributed by atoms with Gasteiger partial charge in [0.1, 0.15) is 0 Å². The monoisotopic (exact) mass is 458 g/mol. The molecule has 0 saturated heterocycles. The molecule has 2 aromatic rings. The lowest BCUT2D eigenvalue weighted by Gasteiger charge is -2.22. The first-order chi connectivity index (χ1) is 12.9. The van der Waals surface area contributed by atoms with Crippen molar-refractivity contribution in [3.8, 4) is 0 Å². The van der Waals surface area contributed by atoms with E-state index in [1.165, 1.54) is 0 Å². The molecule has 2 aromatic carbocycles. The van der Waals surface area contributed by atoms with E-state index in [0.29, 0.717) is 12.1 Å². The molecule has 13 heteroatoms. The van der Waals surface area contributed by atoms with Crippen molar-refractivity contribution in [1.29, 1.82) is 0 Å². The predicted octanol–water partition coefficient (Wildman–Crippen LogP) is 6.39. The molecule has 0 bridgehead atoms. The third kappa shape index (κ3) is 5.15. The summed E-state index contributed by atoms with van der Waals surface area (Å²) in [4.78, 5) is 0. The quantitative estimate of drug-likeness (QED) is 0.362. The second-order valence-electron chi connectivity index (χ2n) is 5.57. The van der Waals surface area contributed by atoms with Gasteiger partial charge < -0.3 is 0 Å². The Morgan fingerprint density at radius 2 is 0.621 bits per heavy atom. The van der Waals surface area contributed by atoms with Gasteiger partial charge >= 0.3 is 24.7 Å². The van der Waals surface area contributed by atoms with E-state index >= 15 is 0 Å². The molecule has 0 amide bonds. The van der Waals surface area contributed by atoms with E-state index in [1.807, 2.05) is 0 Å². The SMILES string of the molecule is FC(F)(F)c1cccc(C(F)(F)F)c1Pc1c(C(F)(F)F)cccc1C(F)(F)F. The number of halogens is 12. The van der Waals surface area contributed by atoms with Crippen LogP contribution in [0.2, 0.25) is 0 Å². The van der Waals surface area contributed by atoms with Crippen LogP contribution >= 0.6 is 8.58 Å². The van der Waals surface area contributed by atoms with Gasteiger partial charge in [-0.1, -0.05) is 20.7 Å². The van der Waals surface area contributed by atoms with Gasteiger partial charge in [0.05, 0.1) is 22.3 Å². The largest absolute Gasteiger partial charge is 0.417 e. The van der Waals surface area contributed by atoms with E-state index in [4.69, 9.17) is 0 Å². The molecule has 0 radical (unpaired) electrons. The van der Waals surface area contributed by atoms with E-state index < -0.39 is 66.1 Å². The smallest absolute Gasteiger partial charge is 0.166 e. The maximum Gasteiger partial charge on any atom is 0.417 e. The zero-order valence-electron chi connectivity index (χ0n) is 13.5. The summed E-state index contributed by atoms with van der Waals surface area (Å²) in [6, 6.07) is 1.42. The van der Waals surface area contributed by atoms with Crippen LogP contribution in [0.5, 0.6) is 0 Å². The van der Waals surface area contributed by atoms with Gasteiger partial charge in [0.15, 0.2) is 0 Å². The van der Waals surface area contributed by atoms with Crippen molar-refractivity contribution in [2.24, 2.45) is 0 Å². The average Bonchev–Trinajstić information content (AvgIpc) is 2.51. The number of hydrogen-bond acceptors (Lipinski definition) is 0. The topological polar surface area (TPSA) is 0 Å². The number of benzene rings is 2. The minimum atomic E-state index is -5.44. The first kappa shape index (κ1) is 23.3. The summed E-state index contributed by atoms with van der Waals surface area (Å²) < 4.78 is 158. The molecular weight excluding hydrogens is 451 g/mol. The molecule has 2 rings (SSSR count). The summed E-state index contributed by atoms with van der Waals surface area (Å²) in [6.45, 7) is 0. The lowest BCUT2D eigenvalue weighted by Crippen LogP contribution is -2.30. The fourth-order valence-electron chi connectivity index (χ4n) is 2.44. The molecule has 0 saturated carbocycles. The standard InChI is InChI=1S/C16H7F12P/c17-13(18,19)7-3-1-4-8(14(20,21)22)11(7)29-12-9(15(23,24)25)5-2-6-10(12)16(26,27)28/h1-6,29H. The Bertz CT molecular complexity index is 749. The molecule has 0 N–H and O–H groups in total. The molecule has 0 heterocycles. The second-order valence-corrected chi connectivity index (χ2v) is 6.82. The Labute approximate surface area is 156 Å². The van der Waals surface area contributed by atoms with E-state index in [0.717, 1.165) is 0 Å². The lowest BCUT2D eigenvalue weighted by molar-refractivity contribution is -0.142. The zero-order valence-corrected chi connectivity index (χ0v) is 14.5. The van der Waals surface area contributed by atoms with Gasteiger partial charge in [-0.15, -0.1) is 0 Å². The van der Waals surface area contributed by atoms with Crippen LogP contribution in [0.4, 0.5) is 52.7 Å². The molecule has 0 nitrogen and oxygen atoms in total. The van der Waals surface area contributed by atoms with Crippen molar-refractivity contribution < 1.29 is 52.7 Å². The van der Waals surface area contributed by atoms with Gasteiger partial charge in [0.2, 0.25) is 0 Å². The van der Waals surface area contributed by atoms with Crippen LogP contribution in [0.15, 0.2) is 36.4 Å². The summed E-state index contributed by atoms with van der Waals surface area (Å²) >= 11 is 0. The Kier molecular flexibility index (Phi) is 5.93. The number of rotatable bonds is 2. The third-order valence-corrected chi connectivity index (χ3v) is 5.18. The highest BCUT2D eigenvalue weighted by molar-refractivity contribution is 7.56. The summed E-state index contributed by atoms with van der Waals surface area (Å²) in [5, 5.41) is -3.40. The van der Waals surface area contributed by atoms with E-state index in [-0.39, 0.29) is 24.3 Å². The van der Waals surface area contributed by atoms with Gasteiger partial charge in [-0.05, 0) is 24.3 Å². The van der Waals surface area contributed by atoms with Crippen molar-refractivity contribution in [3.63, 3.8) is 0 Å². The van der Waals surface area contributed by atoms with Crippen LogP contribution in [-0.4, -0.2) is 0 Å². The third-order valence-electron chi connectivity index (χ3n) is 3.60. The normalized spacial score (nSPS) is 13.7. The maximum absolute atomic E-state index is 13.2. The fraction of sp³-hybridized carbons (Fsp3) is 0.250. The molecule has 0 spiro atoms. The molecule has 29 heavy (non-hydrogen) atoms. The highest BCUT2D eigenvalue weighted by Gasteiger charge is 2.44. The summed E-state index contributed by atoms with van der Waals surface area (Å²) in [6.07, 6.45) is -21.7. The van der Waals surface area contributed by atoms with Gasteiger partial charge in [-0.3, -0.25) is 0 Å². The van der Waals surface area contributed by atoms with Gasteiger partial charge in [0.25, 0.3) is 0 Å². The average molecular weight is 458 g/mol. The Balaban J connectivity index is 2.88. The molecule has 160 valence electrons. The van der Waals surface area contributed by atoms with Crippen molar-refractivity contribution in [3.05, 3.63) is 58.7 Å². The zero-order chi connectivity index (χ0) is 22.4. The van der Waals surface area contributed by atoms with Gasteiger partial charge in [-0.2, -0.15) is 52.7 Å². The Hall–Kier alpha value is -1.97. The molecule has 0 aliphatic rings. The highest BCUT2D eigenvalue weighted by Crippen LogP contribution is 2.41. The van der Waals surface area contributed by atoms with Crippen LogP contribution in [0.1, 0.15) is 22.3 Å². The molecule has 0 aromatic heterocycles. The molecule has 0 atom stereocenters. The number of alkyl halides is 12. The van der Waals surface area contributed by atoms with Crippen LogP contribution in [-0.2, 0) is 24.7 Å². The summed E-state index contributed by atoms with van der Waals surface area (Å²) in [7, 11) is -2.21. The van der Waals surface area contributed by atoms with Crippen molar-refractivity contribution in [2.75, 3.05) is 0 Å². The van der Waals surface area contributed by atoms with E-state index in [2.05, 4.69) is 0 Å². The van der Waals surface area contributed by atoms with E-state index in [1.54, 1.807) is 0 Å². The van der Waals surface area contributed by atoms with Gasteiger partial charge in [-0.25, -0.2) is 0 Å². The van der Waals surface area contributed by atoms with E-state index in [9.17, 15) is 52.7 Å². The fourth-order valence-corrected chi connectivity index (χ4v) is 4.13. The molecule has 0 aliphatic heterocycles. The minimum absolute atomic E-state index is 0.168. The summed E-state index contributed by atoms with van der Waals surface area (Å²) in [5.41, 5.74) is -7.85. The van der Waals surface area contributed by atoms with Crippen LogP contribution in [0.25, 0.3) is 0 Å². The van der Waals surface area contributed by atoms with Crippen molar-refractivity contribution in [1.82, 2.24) is 0 Å². The second kappa shape index (κ2) is 7.37. The Morgan fingerprint density at radius 1 is 0.414 bits per heavy atom. The Morgan fingerprint density at radius 3 is 0.793 bits per heavy atom. The number of hydrogen-bond donors (Lipinski definition) is 0. The van der Waals surface area contributed by atoms with Crippen LogP contribution in [0, 0.1) is 0 Å². The molecule has 0 unspecified atom stereocenters. The summed E-state index contributed by atoms with van der Waals surface area (Å²) in [5.74, 6) is 0. The van der Waals surface area contributed by atoms with Crippen LogP contribution in [0.3, 0.4) is 0 Å². The van der Waals surface area contributed by atoms with Gasteiger partial charge in [0, 0.05) is 10.6 Å². The first-order valence-corrected chi connectivity index (χ1v) is 8.26. The highest BCUT2D eigenvalue weighted by atomic mass is 31.1. The molecule has 0 fully saturated rings. The maximum atomic E-state index is 13.2. The first-order valence-electron chi connectivity index (χ1n) is 7.26. The molecular formula is C16H7F12P. The lowest BCUT2D eigenvalue weighted by atomic mass is 10.1. The van der Waals surface area contributed by atoms with Crippen molar-refractivity contribution >= 4 is 19.2 Å². The van der Waals surface area contributed by atoms with Crippen molar-refractivity contribution in [2.45, 2.75) is 24.7 Å². The minimum Gasteiger partial charge on any atom is -0.166 e. The van der Waals surface area contributed by atoms with Crippen LogP contribution < -0.4 is 10.6 Å².